The first kappa shape index (κ1) is 17.9. The fourth-order valence-corrected chi connectivity index (χ4v) is 5.66. The van der Waals surface area contributed by atoms with Crippen LogP contribution < -0.4 is 0 Å². The van der Waals surface area contributed by atoms with Crippen molar-refractivity contribution in [2.45, 2.75) is 76.4 Å². The Morgan fingerprint density at radius 2 is 2.04 bits per heavy atom. The highest BCUT2D eigenvalue weighted by atomic mass is 19.4. The summed E-state index contributed by atoms with van der Waals surface area (Å²) in [6.45, 7) is 5.44. The summed E-state index contributed by atoms with van der Waals surface area (Å²) in [6.07, 6.45) is 5.70. The lowest BCUT2D eigenvalue weighted by Gasteiger charge is -2.54. The van der Waals surface area contributed by atoms with E-state index >= 15 is 0 Å². The van der Waals surface area contributed by atoms with Crippen molar-refractivity contribution in [1.29, 1.82) is 0 Å². The summed E-state index contributed by atoms with van der Waals surface area (Å²) >= 11 is 0. The third kappa shape index (κ3) is 2.76. The summed E-state index contributed by atoms with van der Waals surface area (Å²) in [5.41, 5.74) is 2.86. The fourth-order valence-electron chi connectivity index (χ4n) is 5.66. The summed E-state index contributed by atoms with van der Waals surface area (Å²) in [6, 6.07) is 4.90. The van der Waals surface area contributed by atoms with Gasteiger partial charge in [0.05, 0.1) is 5.56 Å². The van der Waals surface area contributed by atoms with Gasteiger partial charge in [0, 0.05) is 18.3 Å². The van der Waals surface area contributed by atoms with Crippen molar-refractivity contribution >= 4 is 0 Å². The second-order valence-corrected chi connectivity index (χ2v) is 8.44. The number of benzene rings is 1. The highest BCUT2D eigenvalue weighted by molar-refractivity contribution is 5.43. The summed E-state index contributed by atoms with van der Waals surface area (Å²) in [5.74, 6) is 0.429. The highest BCUT2D eigenvalue weighted by Gasteiger charge is 2.48. The Morgan fingerprint density at radius 1 is 1.23 bits per heavy atom. The predicted octanol–water partition coefficient (Wildman–Crippen LogP) is 6.08. The zero-order valence-electron chi connectivity index (χ0n) is 15.7. The van der Waals surface area contributed by atoms with E-state index in [1.54, 1.807) is 6.07 Å². The van der Waals surface area contributed by atoms with Crippen molar-refractivity contribution in [2.75, 3.05) is 6.54 Å². The molecule has 3 aliphatic rings. The fraction of sp³-hybridized carbons (Fsp3) is 0.636. The molecule has 142 valence electrons. The Hall–Kier alpha value is -1.45. The van der Waals surface area contributed by atoms with E-state index in [2.05, 4.69) is 24.8 Å². The SMILES string of the molecule is CCC1(C)c2cc(C(F)(F)F)ccc2CC2C1CCCN2C1=CCCC1. The zero-order valence-corrected chi connectivity index (χ0v) is 15.7. The number of piperidine rings is 1. The Labute approximate surface area is 154 Å². The van der Waals surface area contributed by atoms with Gasteiger partial charge in [0.15, 0.2) is 0 Å². The molecule has 1 aromatic rings. The topological polar surface area (TPSA) is 3.24 Å². The third-order valence-corrected chi connectivity index (χ3v) is 7.20. The normalized spacial score (nSPS) is 31.4. The van der Waals surface area contributed by atoms with Gasteiger partial charge in [-0.1, -0.05) is 26.0 Å². The van der Waals surface area contributed by atoms with Crippen LogP contribution in [-0.2, 0) is 18.0 Å². The maximum atomic E-state index is 13.3. The van der Waals surface area contributed by atoms with Crippen molar-refractivity contribution in [1.82, 2.24) is 4.90 Å². The van der Waals surface area contributed by atoms with Gasteiger partial charge < -0.3 is 4.90 Å². The molecule has 1 fully saturated rings. The highest BCUT2D eigenvalue weighted by Crippen LogP contribution is 2.51. The molecule has 4 rings (SSSR count). The molecule has 3 atom stereocenters. The smallest absolute Gasteiger partial charge is 0.371 e. The van der Waals surface area contributed by atoms with E-state index in [4.69, 9.17) is 0 Å². The number of halogens is 3. The van der Waals surface area contributed by atoms with Gasteiger partial charge in [0.1, 0.15) is 0 Å². The molecular weight excluding hydrogens is 335 g/mol. The van der Waals surface area contributed by atoms with Gasteiger partial charge in [-0.2, -0.15) is 13.2 Å². The molecule has 0 aromatic heterocycles. The number of likely N-dealkylation sites (tertiary alicyclic amines) is 1. The number of alkyl halides is 3. The zero-order chi connectivity index (χ0) is 18.5. The molecule has 1 heterocycles. The molecule has 1 nitrogen and oxygen atoms in total. The maximum absolute atomic E-state index is 13.3. The van der Waals surface area contributed by atoms with Gasteiger partial charge in [-0.3, -0.25) is 0 Å². The molecule has 26 heavy (non-hydrogen) atoms. The summed E-state index contributed by atoms with van der Waals surface area (Å²) < 4.78 is 39.9. The molecule has 1 saturated heterocycles. The molecule has 2 aliphatic carbocycles. The average molecular weight is 363 g/mol. The third-order valence-electron chi connectivity index (χ3n) is 7.20. The lowest BCUT2D eigenvalue weighted by molar-refractivity contribution is -0.137. The van der Waals surface area contributed by atoms with E-state index in [0.29, 0.717) is 12.0 Å². The lowest BCUT2D eigenvalue weighted by Crippen LogP contribution is -2.55. The molecule has 4 heteroatoms. The summed E-state index contributed by atoms with van der Waals surface area (Å²) in [5, 5.41) is 0. The van der Waals surface area contributed by atoms with Crippen LogP contribution in [-0.4, -0.2) is 17.5 Å². The van der Waals surface area contributed by atoms with E-state index in [1.165, 1.54) is 30.7 Å². The Balaban J connectivity index is 1.78. The first-order valence-corrected chi connectivity index (χ1v) is 10.0. The average Bonchev–Trinajstić information content (AvgIpc) is 3.15. The largest absolute Gasteiger partial charge is 0.416 e. The van der Waals surface area contributed by atoms with Crippen molar-refractivity contribution in [3.8, 4) is 0 Å². The Bertz CT molecular complexity index is 721. The van der Waals surface area contributed by atoms with Gasteiger partial charge in [0.25, 0.3) is 0 Å². The van der Waals surface area contributed by atoms with E-state index in [9.17, 15) is 13.2 Å². The van der Waals surface area contributed by atoms with E-state index < -0.39 is 11.7 Å². The minimum absolute atomic E-state index is 0.183. The molecule has 1 aliphatic heterocycles. The molecule has 0 amide bonds. The molecule has 1 aromatic carbocycles. The summed E-state index contributed by atoms with van der Waals surface area (Å²) in [4.78, 5) is 2.61. The quantitative estimate of drug-likeness (QED) is 0.616. The van der Waals surface area contributed by atoms with Crippen molar-refractivity contribution in [3.63, 3.8) is 0 Å². The summed E-state index contributed by atoms with van der Waals surface area (Å²) in [7, 11) is 0. The molecule has 0 radical (unpaired) electrons. The van der Waals surface area contributed by atoms with Crippen LogP contribution in [0.1, 0.15) is 69.1 Å². The minimum Gasteiger partial charge on any atom is -0.371 e. The van der Waals surface area contributed by atoms with Gasteiger partial charge in [-0.15, -0.1) is 0 Å². The second kappa shape index (κ2) is 6.31. The van der Waals surface area contributed by atoms with Gasteiger partial charge in [-0.05, 0) is 79.5 Å². The molecular formula is C22H28F3N. The Morgan fingerprint density at radius 3 is 2.69 bits per heavy atom. The van der Waals surface area contributed by atoms with Crippen LogP contribution >= 0.6 is 0 Å². The van der Waals surface area contributed by atoms with Crippen molar-refractivity contribution in [3.05, 3.63) is 46.7 Å². The van der Waals surface area contributed by atoms with Crippen molar-refractivity contribution < 1.29 is 13.2 Å². The van der Waals surface area contributed by atoms with Crippen LogP contribution in [0.4, 0.5) is 13.2 Å². The van der Waals surface area contributed by atoms with E-state index in [0.717, 1.165) is 49.8 Å². The van der Waals surface area contributed by atoms with Crippen LogP contribution in [0.5, 0.6) is 0 Å². The van der Waals surface area contributed by atoms with Crippen LogP contribution in [0.3, 0.4) is 0 Å². The van der Waals surface area contributed by atoms with Crippen molar-refractivity contribution in [2.24, 2.45) is 5.92 Å². The monoisotopic (exact) mass is 363 g/mol. The Kier molecular flexibility index (Phi) is 4.36. The van der Waals surface area contributed by atoms with Gasteiger partial charge in [0.2, 0.25) is 0 Å². The van der Waals surface area contributed by atoms with E-state index in [-0.39, 0.29) is 5.41 Å². The molecule has 0 saturated carbocycles. The molecule has 0 bridgehead atoms. The number of fused-ring (bicyclic) bond motifs is 2. The predicted molar refractivity (Wildman–Crippen MR) is 97.9 cm³/mol. The minimum atomic E-state index is -4.27. The number of hydrogen-bond acceptors (Lipinski definition) is 1. The second-order valence-electron chi connectivity index (χ2n) is 8.44. The lowest BCUT2D eigenvalue weighted by atomic mass is 9.58. The number of nitrogens with zero attached hydrogens (tertiary/aromatic N) is 1. The maximum Gasteiger partial charge on any atom is 0.416 e. The van der Waals surface area contributed by atoms with Crippen LogP contribution in [0.25, 0.3) is 0 Å². The van der Waals surface area contributed by atoms with E-state index in [1.807, 2.05) is 0 Å². The molecule has 0 N–H and O–H groups in total. The van der Waals surface area contributed by atoms with Crippen LogP contribution in [0.2, 0.25) is 0 Å². The van der Waals surface area contributed by atoms with Crippen LogP contribution in [0, 0.1) is 5.92 Å². The number of allylic oxidation sites excluding steroid dienone is 2. The molecule has 3 unspecified atom stereocenters. The first-order valence-electron chi connectivity index (χ1n) is 10.0. The van der Waals surface area contributed by atoms with Gasteiger partial charge >= 0.3 is 6.18 Å². The molecule has 0 spiro atoms. The first-order chi connectivity index (χ1) is 12.3. The number of rotatable bonds is 2. The van der Waals surface area contributed by atoms with Crippen LogP contribution in [0.15, 0.2) is 30.0 Å². The number of hydrogen-bond donors (Lipinski definition) is 0. The standard InChI is InChI=1S/C22H28F3N/c1-3-21(2)18-9-6-12-26(17-7-4-5-8-17)20(18)13-15-10-11-16(14-19(15)21)22(23,24)25/h7,10-11,14,18,20H,3-6,8-9,12-13H2,1-2H3. The van der Waals surface area contributed by atoms with Gasteiger partial charge in [-0.25, -0.2) is 0 Å².